The van der Waals surface area contributed by atoms with Gasteiger partial charge < -0.3 is 9.88 Å². The summed E-state index contributed by atoms with van der Waals surface area (Å²) in [6.07, 6.45) is 2.76. The Morgan fingerprint density at radius 2 is 1.81 bits per heavy atom. The van der Waals surface area contributed by atoms with Crippen molar-refractivity contribution < 1.29 is 12.8 Å². The first-order valence-corrected chi connectivity index (χ1v) is 11.2. The van der Waals surface area contributed by atoms with Crippen LogP contribution in [0.1, 0.15) is 5.56 Å². The number of pyridine rings is 1. The number of anilines is 3. The normalized spacial score (nSPS) is 11.5. The van der Waals surface area contributed by atoms with Gasteiger partial charge in [0, 0.05) is 18.9 Å². The van der Waals surface area contributed by atoms with Gasteiger partial charge in [0.2, 0.25) is 0 Å². The fraction of sp³-hybridized carbons (Fsp3) is 0.0952. The van der Waals surface area contributed by atoms with Crippen LogP contribution in [0.2, 0.25) is 5.02 Å². The highest BCUT2D eigenvalue weighted by Gasteiger charge is 2.20. The molecule has 0 aliphatic heterocycles. The average molecular weight is 474 g/mol. The van der Waals surface area contributed by atoms with E-state index in [1.165, 1.54) is 35.3 Å². The first-order valence-electron chi connectivity index (χ1n) is 9.33. The molecule has 2 N–H and O–H groups in total. The van der Waals surface area contributed by atoms with E-state index in [1.54, 1.807) is 32.2 Å². The summed E-state index contributed by atoms with van der Waals surface area (Å²) < 4.78 is 43.5. The van der Waals surface area contributed by atoms with E-state index in [0.717, 1.165) is 6.07 Å². The molecule has 0 aliphatic carbocycles. The number of aryl methyl sites for hydroxylation is 2. The van der Waals surface area contributed by atoms with E-state index in [9.17, 15) is 17.6 Å². The van der Waals surface area contributed by atoms with Crippen molar-refractivity contribution in [2.24, 2.45) is 7.05 Å². The maximum Gasteiger partial charge on any atom is 0.279 e. The number of halogens is 2. The van der Waals surface area contributed by atoms with Gasteiger partial charge in [0.25, 0.3) is 15.6 Å². The number of nitrogens with one attached hydrogen (secondary N) is 2. The Kier molecular flexibility index (Phi) is 5.57. The molecule has 2 heterocycles. The van der Waals surface area contributed by atoms with Crippen molar-refractivity contribution >= 4 is 49.6 Å². The smallest absolute Gasteiger partial charge is 0.279 e. The molecule has 8 nitrogen and oxygen atoms in total. The molecule has 0 unspecified atom stereocenters. The summed E-state index contributed by atoms with van der Waals surface area (Å²) in [6, 6.07) is 10.0. The minimum Gasteiger partial charge on any atom is -0.352 e. The van der Waals surface area contributed by atoms with E-state index in [1.807, 2.05) is 0 Å². The van der Waals surface area contributed by atoms with Gasteiger partial charge in [-0.2, -0.15) is 8.42 Å². The summed E-state index contributed by atoms with van der Waals surface area (Å²) in [4.78, 5) is 20.6. The molecule has 0 spiro atoms. The third kappa shape index (κ3) is 3.90. The summed E-state index contributed by atoms with van der Waals surface area (Å²) in [6.45, 7) is 1.70. The lowest BCUT2D eigenvalue weighted by atomic mass is 10.1. The lowest BCUT2D eigenvalue weighted by molar-refractivity contribution is 0.597. The van der Waals surface area contributed by atoms with Crippen molar-refractivity contribution in [1.29, 1.82) is 0 Å². The second-order valence-corrected chi connectivity index (χ2v) is 8.98. The van der Waals surface area contributed by atoms with Crippen LogP contribution in [0.15, 0.2) is 64.8 Å². The van der Waals surface area contributed by atoms with Crippen LogP contribution in [0.3, 0.4) is 0 Å². The molecule has 0 aliphatic rings. The zero-order valence-corrected chi connectivity index (χ0v) is 18.5. The molecule has 0 saturated heterocycles. The first-order chi connectivity index (χ1) is 15.2. The van der Waals surface area contributed by atoms with Gasteiger partial charge in [0.1, 0.15) is 5.82 Å². The molecule has 2 aromatic heterocycles. The highest BCUT2D eigenvalue weighted by Crippen LogP contribution is 2.37. The largest absolute Gasteiger partial charge is 0.352 e. The summed E-state index contributed by atoms with van der Waals surface area (Å²) in [5.41, 5.74) is 1.05. The van der Waals surface area contributed by atoms with E-state index in [-0.39, 0.29) is 27.0 Å². The van der Waals surface area contributed by atoms with Gasteiger partial charge in [-0.15, -0.1) is 0 Å². The van der Waals surface area contributed by atoms with E-state index in [0.29, 0.717) is 22.2 Å². The quantitative estimate of drug-likeness (QED) is 0.454. The molecule has 0 fully saturated rings. The molecule has 4 rings (SSSR count). The van der Waals surface area contributed by atoms with E-state index >= 15 is 0 Å². The maximum atomic E-state index is 14.6. The minimum absolute atomic E-state index is 0.0303. The Morgan fingerprint density at radius 1 is 1.06 bits per heavy atom. The number of fused-ring (bicyclic) bond motifs is 1. The van der Waals surface area contributed by atoms with Crippen molar-refractivity contribution in [3.63, 3.8) is 0 Å². The molecule has 0 radical (unpaired) electrons. The topological polar surface area (TPSA) is 106 Å². The minimum atomic E-state index is -4.03. The lowest BCUT2D eigenvalue weighted by Crippen LogP contribution is -2.18. The first kappa shape index (κ1) is 21.7. The van der Waals surface area contributed by atoms with Crippen LogP contribution in [0.4, 0.5) is 21.5 Å². The molecule has 4 aromatic rings. The van der Waals surface area contributed by atoms with Crippen LogP contribution in [0.5, 0.6) is 0 Å². The van der Waals surface area contributed by atoms with Crippen LogP contribution in [-0.4, -0.2) is 23.0 Å². The number of nitrogens with zero attached hydrogens (tertiary/aromatic N) is 3. The second kappa shape index (κ2) is 8.21. The van der Waals surface area contributed by atoms with Crippen molar-refractivity contribution in [2.45, 2.75) is 11.9 Å². The summed E-state index contributed by atoms with van der Waals surface area (Å²) >= 11 is 6.36. The van der Waals surface area contributed by atoms with Crippen LogP contribution in [0, 0.1) is 12.7 Å². The Bertz CT molecular complexity index is 1510. The third-order valence-electron chi connectivity index (χ3n) is 4.86. The summed E-state index contributed by atoms with van der Waals surface area (Å²) in [7, 11) is -2.45. The Morgan fingerprint density at radius 3 is 2.53 bits per heavy atom. The van der Waals surface area contributed by atoms with E-state index in [4.69, 9.17) is 11.6 Å². The van der Waals surface area contributed by atoms with Gasteiger partial charge in [-0.1, -0.05) is 17.7 Å². The molecular weight excluding hydrogens is 457 g/mol. The molecule has 11 heteroatoms. The molecule has 164 valence electrons. The van der Waals surface area contributed by atoms with Crippen molar-refractivity contribution in [3.8, 4) is 0 Å². The number of hydrogen-bond acceptors (Lipinski definition) is 6. The lowest BCUT2D eigenvalue weighted by Gasteiger charge is -2.16. The number of sulfonamides is 1. The Hall–Kier alpha value is -3.50. The van der Waals surface area contributed by atoms with Gasteiger partial charge in [-0.3, -0.25) is 9.52 Å². The van der Waals surface area contributed by atoms with Crippen LogP contribution in [-0.2, 0) is 17.1 Å². The van der Waals surface area contributed by atoms with Gasteiger partial charge in [-0.05, 0) is 48.9 Å². The Balaban J connectivity index is 1.75. The standard InChI is InChI=1S/C21H17ClFN5O3S/c1-12-14(8-9-15-18(12)21(29)28(2)11-25-15)26-20-13(23)6-7-16(19(20)22)27-32(30,31)17-5-3-4-10-24-17/h3-11,26-27H,1-2H3. The number of benzene rings is 2. The zero-order valence-electron chi connectivity index (χ0n) is 16.9. The molecule has 0 amide bonds. The number of rotatable bonds is 5. The van der Waals surface area contributed by atoms with Crippen LogP contribution in [0.25, 0.3) is 10.9 Å². The average Bonchev–Trinajstić information content (AvgIpc) is 2.77. The molecule has 32 heavy (non-hydrogen) atoms. The predicted octanol–water partition coefficient (Wildman–Crippen LogP) is 3.97. The molecule has 2 aromatic carbocycles. The van der Waals surface area contributed by atoms with Crippen molar-refractivity contribution in [3.05, 3.63) is 81.7 Å². The SMILES string of the molecule is Cc1c(Nc2c(F)ccc(NS(=O)(=O)c3ccccn3)c2Cl)ccc2ncn(C)c(=O)c12. The maximum absolute atomic E-state index is 14.6. The van der Waals surface area contributed by atoms with Crippen molar-refractivity contribution in [2.75, 3.05) is 10.0 Å². The predicted molar refractivity (Wildman–Crippen MR) is 121 cm³/mol. The second-order valence-electron chi connectivity index (χ2n) is 6.98. The van der Waals surface area contributed by atoms with E-state index in [2.05, 4.69) is 20.0 Å². The highest BCUT2D eigenvalue weighted by atomic mass is 35.5. The van der Waals surface area contributed by atoms with Gasteiger partial charge >= 0.3 is 0 Å². The van der Waals surface area contributed by atoms with Gasteiger partial charge in [-0.25, -0.2) is 14.4 Å². The zero-order chi connectivity index (χ0) is 23.0. The molecular formula is C21H17ClFN5O3S. The summed E-state index contributed by atoms with van der Waals surface area (Å²) in [5.74, 6) is -0.700. The fourth-order valence-corrected chi connectivity index (χ4v) is 4.50. The fourth-order valence-electron chi connectivity index (χ4n) is 3.17. The molecule has 0 saturated carbocycles. The van der Waals surface area contributed by atoms with Gasteiger partial charge in [0.05, 0.1) is 33.6 Å². The highest BCUT2D eigenvalue weighted by molar-refractivity contribution is 7.92. The number of hydrogen-bond donors (Lipinski definition) is 2. The van der Waals surface area contributed by atoms with Crippen LogP contribution >= 0.6 is 11.6 Å². The molecule has 0 bridgehead atoms. The molecule has 0 atom stereocenters. The van der Waals surface area contributed by atoms with Crippen LogP contribution < -0.4 is 15.6 Å². The van der Waals surface area contributed by atoms with Crippen molar-refractivity contribution in [1.82, 2.24) is 14.5 Å². The summed E-state index contributed by atoms with van der Waals surface area (Å²) in [5, 5.41) is 2.88. The van der Waals surface area contributed by atoms with E-state index < -0.39 is 15.8 Å². The number of aromatic nitrogens is 3. The van der Waals surface area contributed by atoms with Gasteiger partial charge in [0.15, 0.2) is 5.03 Å². The third-order valence-corrected chi connectivity index (χ3v) is 6.53. The monoisotopic (exact) mass is 473 g/mol. The Labute approximate surface area is 187 Å².